The summed E-state index contributed by atoms with van der Waals surface area (Å²) in [5, 5.41) is 8.83. The predicted octanol–water partition coefficient (Wildman–Crippen LogP) is 1.65. The average molecular weight is 382 g/mol. The normalized spacial score (nSPS) is 15.4. The maximum atomic E-state index is 13.1. The van der Waals surface area contributed by atoms with Crippen molar-refractivity contribution in [2.24, 2.45) is 7.05 Å². The minimum absolute atomic E-state index is 0.115. The Kier molecular flexibility index (Phi) is 5.95. The molecule has 0 spiro atoms. The number of nitrogens with zero attached hydrogens (tertiary/aromatic N) is 5. The SMILES string of the molecule is Cc1noc(C)c1C(=O)N(CCN1CCOCC1)Cc1nn(C)cc1Cl. The lowest BCUT2D eigenvalue weighted by Gasteiger charge is -2.30. The van der Waals surface area contributed by atoms with Crippen molar-refractivity contribution < 1.29 is 14.1 Å². The molecule has 2 aromatic heterocycles. The van der Waals surface area contributed by atoms with Gasteiger partial charge >= 0.3 is 0 Å². The largest absolute Gasteiger partial charge is 0.379 e. The van der Waals surface area contributed by atoms with E-state index < -0.39 is 0 Å². The van der Waals surface area contributed by atoms with E-state index in [1.165, 1.54) is 0 Å². The highest BCUT2D eigenvalue weighted by Crippen LogP contribution is 2.20. The van der Waals surface area contributed by atoms with Crippen molar-refractivity contribution in [3.05, 3.63) is 33.9 Å². The number of hydrogen-bond donors (Lipinski definition) is 0. The number of carbonyl (C=O) groups is 1. The molecule has 1 aliphatic heterocycles. The summed E-state index contributed by atoms with van der Waals surface area (Å²) >= 11 is 6.25. The first-order valence-corrected chi connectivity index (χ1v) is 9.03. The van der Waals surface area contributed by atoms with E-state index in [1.807, 2.05) is 7.05 Å². The first-order chi connectivity index (χ1) is 12.5. The molecular formula is C17H24ClN5O3. The Bertz CT molecular complexity index is 747. The van der Waals surface area contributed by atoms with E-state index in [0.29, 0.717) is 40.8 Å². The van der Waals surface area contributed by atoms with E-state index in [1.54, 1.807) is 29.6 Å². The van der Waals surface area contributed by atoms with Crippen LogP contribution in [0.5, 0.6) is 0 Å². The van der Waals surface area contributed by atoms with Gasteiger partial charge in [-0.2, -0.15) is 5.10 Å². The molecule has 1 aliphatic rings. The number of aromatic nitrogens is 3. The van der Waals surface area contributed by atoms with Gasteiger partial charge in [-0.15, -0.1) is 0 Å². The first kappa shape index (κ1) is 18.9. The minimum atomic E-state index is -0.115. The van der Waals surface area contributed by atoms with Gasteiger partial charge in [-0.25, -0.2) is 0 Å². The quantitative estimate of drug-likeness (QED) is 0.757. The van der Waals surface area contributed by atoms with Gasteiger partial charge < -0.3 is 14.2 Å². The standard InChI is InChI=1S/C17H24ClN5O3/c1-12-16(13(2)26-20-12)17(24)23(5-4-22-6-8-25-9-7-22)11-15-14(18)10-21(3)19-15/h10H,4-9,11H2,1-3H3. The maximum absolute atomic E-state index is 13.1. The Morgan fingerprint density at radius 1 is 1.35 bits per heavy atom. The van der Waals surface area contributed by atoms with Gasteiger partial charge in [0.25, 0.3) is 5.91 Å². The monoisotopic (exact) mass is 381 g/mol. The van der Waals surface area contributed by atoms with E-state index in [-0.39, 0.29) is 5.91 Å². The molecule has 0 N–H and O–H groups in total. The average Bonchev–Trinajstić information content (AvgIpc) is 3.12. The lowest BCUT2D eigenvalue weighted by atomic mass is 10.1. The molecule has 2 aromatic rings. The van der Waals surface area contributed by atoms with E-state index in [9.17, 15) is 4.79 Å². The second-order valence-electron chi connectivity index (χ2n) is 6.48. The maximum Gasteiger partial charge on any atom is 0.259 e. The number of halogens is 1. The first-order valence-electron chi connectivity index (χ1n) is 8.66. The topological polar surface area (TPSA) is 76.6 Å². The van der Waals surface area contributed by atoms with Gasteiger partial charge in [0.1, 0.15) is 17.0 Å². The highest BCUT2D eigenvalue weighted by atomic mass is 35.5. The number of amides is 1. The van der Waals surface area contributed by atoms with Gasteiger partial charge in [-0.1, -0.05) is 16.8 Å². The summed E-state index contributed by atoms with van der Waals surface area (Å²) in [6, 6.07) is 0. The molecule has 0 radical (unpaired) electrons. The zero-order valence-corrected chi connectivity index (χ0v) is 16.1. The molecular weight excluding hydrogens is 358 g/mol. The van der Waals surface area contributed by atoms with Crippen LogP contribution in [-0.4, -0.2) is 70.0 Å². The van der Waals surface area contributed by atoms with Gasteiger partial charge in [-0.05, 0) is 13.8 Å². The highest BCUT2D eigenvalue weighted by Gasteiger charge is 2.25. The third-order valence-electron chi connectivity index (χ3n) is 4.52. The van der Waals surface area contributed by atoms with Gasteiger partial charge in [0.05, 0.1) is 30.5 Å². The third-order valence-corrected chi connectivity index (χ3v) is 4.83. The summed E-state index contributed by atoms with van der Waals surface area (Å²) < 4.78 is 12.2. The minimum Gasteiger partial charge on any atom is -0.379 e. The number of hydrogen-bond acceptors (Lipinski definition) is 6. The van der Waals surface area contributed by atoms with E-state index >= 15 is 0 Å². The van der Waals surface area contributed by atoms with Gasteiger partial charge in [0.15, 0.2) is 0 Å². The van der Waals surface area contributed by atoms with Crippen LogP contribution in [0.3, 0.4) is 0 Å². The van der Waals surface area contributed by atoms with Crippen molar-refractivity contribution in [2.45, 2.75) is 20.4 Å². The summed E-state index contributed by atoms with van der Waals surface area (Å²) in [5.41, 5.74) is 1.78. The van der Waals surface area contributed by atoms with Crippen LogP contribution in [0.2, 0.25) is 5.02 Å². The summed E-state index contributed by atoms with van der Waals surface area (Å²) in [4.78, 5) is 17.2. The lowest BCUT2D eigenvalue weighted by molar-refractivity contribution is 0.0319. The van der Waals surface area contributed by atoms with Gasteiger partial charge in [0.2, 0.25) is 0 Å². The second-order valence-corrected chi connectivity index (χ2v) is 6.88. The van der Waals surface area contributed by atoms with Gasteiger partial charge in [0, 0.05) is 39.4 Å². The van der Waals surface area contributed by atoms with Crippen LogP contribution in [0.15, 0.2) is 10.7 Å². The molecule has 0 aliphatic carbocycles. The fourth-order valence-corrected chi connectivity index (χ4v) is 3.32. The zero-order valence-electron chi connectivity index (χ0n) is 15.4. The fraction of sp³-hybridized carbons (Fsp3) is 0.588. The number of rotatable bonds is 6. The van der Waals surface area contributed by atoms with Crippen molar-refractivity contribution in [1.29, 1.82) is 0 Å². The Hall–Kier alpha value is -1.90. The number of aryl methyl sites for hydroxylation is 3. The van der Waals surface area contributed by atoms with Crippen LogP contribution in [0.25, 0.3) is 0 Å². The molecule has 3 rings (SSSR count). The van der Waals surface area contributed by atoms with Crippen LogP contribution in [0.4, 0.5) is 0 Å². The van der Waals surface area contributed by atoms with E-state index in [0.717, 1.165) is 32.8 Å². The molecule has 0 saturated carbocycles. The van der Waals surface area contributed by atoms with Crippen molar-refractivity contribution in [3.8, 4) is 0 Å². The number of morpholine rings is 1. The summed E-state index contributed by atoms with van der Waals surface area (Å²) in [7, 11) is 1.81. The van der Waals surface area contributed by atoms with Gasteiger partial charge in [-0.3, -0.25) is 14.4 Å². The van der Waals surface area contributed by atoms with Crippen LogP contribution in [0, 0.1) is 13.8 Å². The molecule has 142 valence electrons. The van der Waals surface area contributed by atoms with Crippen LogP contribution < -0.4 is 0 Å². The molecule has 1 saturated heterocycles. The molecule has 0 atom stereocenters. The number of carbonyl (C=O) groups excluding carboxylic acids is 1. The van der Waals surface area contributed by atoms with Crippen molar-refractivity contribution in [1.82, 2.24) is 24.7 Å². The second kappa shape index (κ2) is 8.20. The van der Waals surface area contributed by atoms with Crippen LogP contribution in [0.1, 0.15) is 27.5 Å². The van der Waals surface area contributed by atoms with Crippen molar-refractivity contribution in [3.63, 3.8) is 0 Å². The molecule has 3 heterocycles. The molecule has 26 heavy (non-hydrogen) atoms. The Labute approximate surface area is 157 Å². The summed E-state index contributed by atoms with van der Waals surface area (Å²) in [5.74, 6) is 0.409. The predicted molar refractivity (Wildman–Crippen MR) is 96.2 cm³/mol. The number of ether oxygens (including phenoxy) is 1. The third kappa shape index (κ3) is 4.25. The summed E-state index contributed by atoms with van der Waals surface area (Å²) in [6.45, 7) is 8.40. The van der Waals surface area contributed by atoms with Crippen LogP contribution in [-0.2, 0) is 18.3 Å². The van der Waals surface area contributed by atoms with Crippen molar-refractivity contribution in [2.75, 3.05) is 39.4 Å². The smallest absolute Gasteiger partial charge is 0.259 e. The molecule has 0 bridgehead atoms. The van der Waals surface area contributed by atoms with E-state index in [4.69, 9.17) is 20.9 Å². The Morgan fingerprint density at radius 3 is 2.65 bits per heavy atom. The molecule has 1 amide bonds. The molecule has 8 nitrogen and oxygen atoms in total. The van der Waals surface area contributed by atoms with Crippen LogP contribution >= 0.6 is 11.6 Å². The Morgan fingerprint density at radius 2 is 2.08 bits per heavy atom. The van der Waals surface area contributed by atoms with E-state index in [2.05, 4.69) is 15.2 Å². The molecule has 0 aromatic carbocycles. The fourth-order valence-electron chi connectivity index (χ4n) is 3.08. The molecule has 9 heteroatoms. The zero-order chi connectivity index (χ0) is 18.7. The molecule has 0 unspecified atom stereocenters. The summed E-state index contributed by atoms with van der Waals surface area (Å²) in [6.07, 6.45) is 1.73. The Balaban J connectivity index is 1.78. The lowest BCUT2D eigenvalue weighted by Crippen LogP contribution is -2.43. The highest BCUT2D eigenvalue weighted by molar-refractivity contribution is 6.31. The van der Waals surface area contributed by atoms with Crippen molar-refractivity contribution >= 4 is 17.5 Å². The molecule has 1 fully saturated rings.